The fourth-order valence-corrected chi connectivity index (χ4v) is 5.56. The Morgan fingerprint density at radius 2 is 1.59 bits per heavy atom. The van der Waals surface area contributed by atoms with E-state index >= 15 is 0 Å². The average Bonchev–Trinajstić information content (AvgIpc) is 3.35. The van der Waals surface area contributed by atoms with Gasteiger partial charge in [-0.1, -0.05) is 48.5 Å². The minimum Gasteiger partial charge on any atom is -0.550 e. The predicted octanol–water partition coefficient (Wildman–Crippen LogP) is 1.81. The Kier molecular flexibility index (Phi) is 13.5. The molecule has 0 bridgehead atoms. The molecule has 0 saturated carbocycles. The van der Waals surface area contributed by atoms with Crippen LogP contribution in [-0.2, 0) is 17.8 Å². The Hall–Kier alpha value is -3.54. The second-order valence-electron chi connectivity index (χ2n) is 11.2. The van der Waals surface area contributed by atoms with Crippen molar-refractivity contribution in [1.29, 1.82) is 0 Å². The molecule has 0 aliphatic carbocycles. The second kappa shape index (κ2) is 16.9. The molecule has 238 valence electrons. The van der Waals surface area contributed by atoms with Gasteiger partial charge in [0.1, 0.15) is 23.1 Å². The number of nitrogens with zero attached hydrogens (tertiary/aromatic N) is 1. The van der Waals surface area contributed by atoms with Crippen molar-refractivity contribution in [2.45, 2.75) is 64.3 Å². The zero-order valence-corrected chi connectivity index (χ0v) is 28.4. The van der Waals surface area contributed by atoms with Crippen molar-refractivity contribution in [3.63, 3.8) is 0 Å². The molecule has 1 amide bonds. The molecule has 0 radical (unpaired) electrons. The first-order chi connectivity index (χ1) is 21.5. The van der Waals surface area contributed by atoms with Crippen molar-refractivity contribution < 1.29 is 68.0 Å². The van der Waals surface area contributed by atoms with E-state index in [4.69, 9.17) is 4.74 Å². The van der Waals surface area contributed by atoms with E-state index in [-0.39, 0.29) is 67.0 Å². The van der Waals surface area contributed by atoms with Gasteiger partial charge < -0.3 is 34.7 Å². The molecule has 1 heterocycles. The van der Waals surface area contributed by atoms with Gasteiger partial charge in [-0.05, 0) is 62.4 Å². The van der Waals surface area contributed by atoms with Crippen LogP contribution in [-0.4, -0.2) is 46.0 Å². The molecule has 0 spiro atoms. The number of aliphatic hydroxyl groups excluding tert-OH is 2. The van der Waals surface area contributed by atoms with Crippen molar-refractivity contribution in [3.05, 3.63) is 101 Å². The monoisotopic (exact) mass is 642 g/mol. The number of amides is 1. The molecule has 4 aromatic rings. The number of aromatic nitrogens is 1. The summed E-state index contributed by atoms with van der Waals surface area (Å²) >= 11 is 0. The number of aliphatic hydroxyl groups is 2. The normalized spacial score (nSPS) is 12.3. The van der Waals surface area contributed by atoms with Crippen molar-refractivity contribution in [3.8, 4) is 28.0 Å². The van der Waals surface area contributed by atoms with E-state index in [1.54, 1.807) is 24.3 Å². The Labute approximate surface area is 289 Å². The van der Waals surface area contributed by atoms with Crippen LogP contribution in [0.4, 0.5) is 8.78 Å². The van der Waals surface area contributed by atoms with Gasteiger partial charge in [-0.15, -0.1) is 0 Å². The van der Waals surface area contributed by atoms with Crippen molar-refractivity contribution in [1.82, 2.24) is 9.88 Å². The summed E-state index contributed by atoms with van der Waals surface area (Å²) in [6, 6.07) is 19.3. The van der Waals surface area contributed by atoms with E-state index in [0.29, 0.717) is 33.8 Å². The second-order valence-corrected chi connectivity index (χ2v) is 11.2. The topological polar surface area (TPSA) is 124 Å². The number of methoxy groups -OCH3 is 1. The number of halogens is 2. The quantitative estimate of drug-likeness (QED) is 0.181. The SMILES string of the molecule is COc1ccc(CNC(=O)c2c(-c3ccccc3)c(-c3ccc(F)cc3)c(CC[C@@H](O)C[C@@H](O)CC(=O)[O-])n2C(C)C)c(F)c1.[Na+]. The first-order valence-corrected chi connectivity index (χ1v) is 14.7. The third-order valence-electron chi connectivity index (χ3n) is 7.59. The number of ether oxygens (including phenoxy) is 1. The van der Waals surface area contributed by atoms with Gasteiger partial charge in [-0.25, -0.2) is 8.78 Å². The van der Waals surface area contributed by atoms with Crippen LogP contribution in [0, 0.1) is 11.6 Å². The molecule has 0 aliphatic rings. The van der Waals surface area contributed by atoms with Crippen LogP contribution >= 0.6 is 0 Å². The summed E-state index contributed by atoms with van der Waals surface area (Å²) in [5, 5.41) is 34.6. The fourth-order valence-electron chi connectivity index (χ4n) is 5.56. The van der Waals surface area contributed by atoms with Crippen LogP contribution in [0.2, 0.25) is 0 Å². The molecule has 8 nitrogen and oxygen atoms in total. The van der Waals surface area contributed by atoms with Crippen LogP contribution in [0.25, 0.3) is 22.3 Å². The van der Waals surface area contributed by atoms with E-state index in [1.807, 2.05) is 48.7 Å². The van der Waals surface area contributed by atoms with Gasteiger partial charge in [0.15, 0.2) is 0 Å². The van der Waals surface area contributed by atoms with Crippen LogP contribution in [0.3, 0.4) is 0 Å². The predicted molar refractivity (Wildman–Crippen MR) is 164 cm³/mol. The fraction of sp³-hybridized carbons (Fsp3) is 0.314. The van der Waals surface area contributed by atoms with Crippen molar-refractivity contribution in [2.75, 3.05) is 7.11 Å². The number of nitrogens with one attached hydrogen (secondary N) is 1. The zero-order valence-electron chi connectivity index (χ0n) is 26.4. The average molecular weight is 643 g/mol. The van der Waals surface area contributed by atoms with Gasteiger partial charge >= 0.3 is 29.6 Å². The number of rotatable bonds is 14. The van der Waals surface area contributed by atoms with E-state index < -0.39 is 42.1 Å². The molecule has 0 fully saturated rings. The summed E-state index contributed by atoms with van der Waals surface area (Å²) in [5.74, 6) is -2.48. The molecule has 46 heavy (non-hydrogen) atoms. The number of carbonyl (C=O) groups is 2. The maximum atomic E-state index is 14.8. The van der Waals surface area contributed by atoms with Gasteiger partial charge in [0.05, 0.1) is 19.3 Å². The van der Waals surface area contributed by atoms with E-state index in [2.05, 4.69) is 5.32 Å². The molecule has 0 aliphatic heterocycles. The third kappa shape index (κ3) is 9.04. The minimum absolute atomic E-state index is 0. The molecule has 0 unspecified atom stereocenters. The molecule has 2 atom stereocenters. The van der Waals surface area contributed by atoms with Gasteiger partial charge in [-0.2, -0.15) is 0 Å². The number of hydrogen-bond acceptors (Lipinski definition) is 6. The van der Waals surface area contributed by atoms with Crippen LogP contribution in [0.1, 0.15) is 60.9 Å². The molecule has 4 rings (SSSR count). The smallest absolute Gasteiger partial charge is 0.550 e. The van der Waals surface area contributed by atoms with E-state index in [9.17, 15) is 33.7 Å². The third-order valence-corrected chi connectivity index (χ3v) is 7.59. The summed E-state index contributed by atoms with van der Waals surface area (Å²) in [6.45, 7) is 3.72. The Bertz CT molecular complexity index is 1630. The Morgan fingerprint density at radius 3 is 2.17 bits per heavy atom. The van der Waals surface area contributed by atoms with Crippen LogP contribution < -0.4 is 44.7 Å². The number of carboxylic acid groups (broad SMARTS) is 1. The maximum absolute atomic E-state index is 14.8. The first-order valence-electron chi connectivity index (χ1n) is 14.7. The number of carbonyl (C=O) groups excluding carboxylic acids is 2. The van der Waals surface area contributed by atoms with Crippen molar-refractivity contribution in [2.24, 2.45) is 0 Å². The van der Waals surface area contributed by atoms with Gasteiger partial charge in [0.2, 0.25) is 0 Å². The summed E-state index contributed by atoms with van der Waals surface area (Å²) in [5.41, 5.74) is 3.89. The van der Waals surface area contributed by atoms with E-state index in [1.165, 1.54) is 25.3 Å². The molecular formula is C35H37F2N2NaO6. The maximum Gasteiger partial charge on any atom is 1.00 e. The van der Waals surface area contributed by atoms with E-state index in [0.717, 1.165) is 5.56 Å². The van der Waals surface area contributed by atoms with Gasteiger partial charge in [-0.3, -0.25) is 4.79 Å². The number of aliphatic carboxylic acids is 1. The Morgan fingerprint density at radius 1 is 0.935 bits per heavy atom. The minimum atomic E-state index is -1.42. The molecule has 0 saturated heterocycles. The summed E-state index contributed by atoms with van der Waals surface area (Å²) in [6.07, 6.45) is -2.72. The number of benzene rings is 3. The Balaban J connectivity index is 0.00000576. The van der Waals surface area contributed by atoms with Crippen LogP contribution in [0.15, 0.2) is 72.8 Å². The van der Waals surface area contributed by atoms with Gasteiger partial charge in [0.25, 0.3) is 5.91 Å². The first kappa shape index (κ1) is 36.9. The summed E-state index contributed by atoms with van der Waals surface area (Å²) < 4.78 is 35.8. The molecule has 3 N–H and O–H groups in total. The summed E-state index contributed by atoms with van der Waals surface area (Å²) in [7, 11) is 1.44. The van der Waals surface area contributed by atoms with Gasteiger partial charge in [0, 0.05) is 53.4 Å². The van der Waals surface area contributed by atoms with Crippen LogP contribution in [0.5, 0.6) is 5.75 Å². The molecule has 3 aromatic carbocycles. The van der Waals surface area contributed by atoms with Crippen molar-refractivity contribution >= 4 is 11.9 Å². The molecule has 11 heteroatoms. The molecule has 1 aromatic heterocycles. The molecular weight excluding hydrogens is 605 g/mol. The largest absolute Gasteiger partial charge is 1.00 e. The standard InChI is InChI=1S/C35H38F2N2O6.Na/c1-21(2)39-30(16-14-26(40)17-27(41)18-31(42)43)32(23-9-12-25(36)13-10-23)33(22-7-5-4-6-8-22)34(39)35(44)38-20-24-11-15-28(45-3)19-29(24)37;/h4-13,15,19,21,26-27,40-41H,14,16-18,20H2,1-3H3,(H,38,44)(H,42,43);/q;+1/p-1/t26-,27-;/m1./s1. The summed E-state index contributed by atoms with van der Waals surface area (Å²) in [4.78, 5) is 25.0. The number of hydrogen-bond donors (Lipinski definition) is 3. The zero-order chi connectivity index (χ0) is 32.7. The number of carboxylic acids is 1.